The molecule has 126 valence electrons. The molecule has 1 amide bonds. The van der Waals surface area contributed by atoms with Crippen molar-refractivity contribution in [2.24, 2.45) is 0 Å². The summed E-state index contributed by atoms with van der Waals surface area (Å²) < 4.78 is 5.40. The Morgan fingerprint density at radius 2 is 1.96 bits per heavy atom. The molecular weight excluding hydrogens is 294 g/mol. The summed E-state index contributed by atoms with van der Waals surface area (Å²) in [6.07, 6.45) is 5.81. The van der Waals surface area contributed by atoms with Crippen LogP contribution in [-0.4, -0.2) is 84.7 Å². The number of hydrogen-bond donors (Lipinski definition) is 0. The number of aromatic nitrogens is 2. The fraction of sp³-hybridized carbons (Fsp3) is 0.688. The van der Waals surface area contributed by atoms with Crippen LogP contribution in [0.25, 0.3) is 0 Å². The van der Waals surface area contributed by atoms with Crippen LogP contribution in [0.4, 0.5) is 5.95 Å². The number of rotatable bonds is 4. The van der Waals surface area contributed by atoms with Crippen molar-refractivity contribution in [1.29, 1.82) is 0 Å². The van der Waals surface area contributed by atoms with Crippen molar-refractivity contribution in [2.75, 3.05) is 57.8 Å². The molecule has 2 saturated heterocycles. The largest absolute Gasteiger partial charge is 0.380 e. The average Bonchev–Trinajstić information content (AvgIpc) is 2.63. The molecule has 0 aromatic carbocycles. The number of hydrogen-bond acceptors (Lipinski definition) is 6. The molecule has 7 nitrogen and oxygen atoms in total. The highest BCUT2D eigenvalue weighted by molar-refractivity contribution is 5.78. The van der Waals surface area contributed by atoms with E-state index >= 15 is 0 Å². The van der Waals surface area contributed by atoms with E-state index in [9.17, 15) is 4.79 Å². The minimum absolute atomic E-state index is 0.194. The molecule has 0 unspecified atom stereocenters. The molecule has 7 heteroatoms. The number of amides is 1. The Morgan fingerprint density at radius 1 is 1.22 bits per heavy atom. The van der Waals surface area contributed by atoms with E-state index in [1.165, 1.54) is 0 Å². The van der Waals surface area contributed by atoms with Crippen molar-refractivity contribution < 1.29 is 9.53 Å². The summed E-state index contributed by atoms with van der Waals surface area (Å²) in [6, 6.07) is 1.82. The van der Waals surface area contributed by atoms with Gasteiger partial charge >= 0.3 is 0 Å². The summed E-state index contributed by atoms with van der Waals surface area (Å²) in [5, 5.41) is 0. The molecule has 0 spiro atoms. The van der Waals surface area contributed by atoms with Crippen molar-refractivity contribution in [3.8, 4) is 0 Å². The fourth-order valence-electron chi connectivity index (χ4n) is 3.21. The lowest BCUT2D eigenvalue weighted by Crippen LogP contribution is -2.52. The Balaban J connectivity index is 1.46. The smallest absolute Gasteiger partial charge is 0.236 e. The van der Waals surface area contributed by atoms with Crippen LogP contribution in [0.15, 0.2) is 18.5 Å². The molecule has 1 aromatic rings. The first-order valence-electron chi connectivity index (χ1n) is 8.31. The summed E-state index contributed by atoms with van der Waals surface area (Å²) in [4.78, 5) is 27.4. The van der Waals surface area contributed by atoms with Gasteiger partial charge in [0.25, 0.3) is 0 Å². The van der Waals surface area contributed by atoms with Crippen molar-refractivity contribution >= 4 is 11.9 Å². The quantitative estimate of drug-likeness (QED) is 0.792. The van der Waals surface area contributed by atoms with E-state index in [2.05, 4.69) is 19.8 Å². The Bertz CT molecular complexity index is 504. The number of anilines is 1. The maximum Gasteiger partial charge on any atom is 0.236 e. The van der Waals surface area contributed by atoms with E-state index in [0.717, 1.165) is 58.1 Å². The molecule has 1 aromatic heterocycles. The third kappa shape index (κ3) is 4.17. The van der Waals surface area contributed by atoms with Crippen LogP contribution >= 0.6 is 0 Å². The van der Waals surface area contributed by atoms with Gasteiger partial charge in [0.1, 0.15) is 0 Å². The normalized spacial score (nSPS) is 23.1. The number of likely N-dealkylation sites (tertiary alicyclic amines) is 1. The standard InChI is InChI=1S/C16H25N5O2/c1-23-14-4-2-7-21(12-14)15(22)13-19-8-10-20(11-9-19)16-17-5-3-6-18-16/h3,5-6,14H,2,4,7-13H2,1H3/t14-/m0/s1. The molecule has 2 aliphatic rings. The monoisotopic (exact) mass is 319 g/mol. The summed E-state index contributed by atoms with van der Waals surface area (Å²) in [6.45, 7) is 5.54. The molecule has 23 heavy (non-hydrogen) atoms. The zero-order valence-corrected chi connectivity index (χ0v) is 13.7. The molecule has 3 heterocycles. The van der Waals surface area contributed by atoms with Gasteiger partial charge in [-0.25, -0.2) is 9.97 Å². The lowest BCUT2D eigenvalue weighted by molar-refractivity contribution is -0.136. The van der Waals surface area contributed by atoms with Crippen molar-refractivity contribution in [2.45, 2.75) is 18.9 Å². The number of nitrogens with zero attached hydrogens (tertiary/aromatic N) is 5. The second kappa shape index (κ2) is 7.70. The summed E-state index contributed by atoms with van der Waals surface area (Å²) in [5.41, 5.74) is 0. The highest BCUT2D eigenvalue weighted by Gasteiger charge is 2.26. The lowest BCUT2D eigenvalue weighted by Gasteiger charge is -2.37. The maximum absolute atomic E-state index is 12.5. The van der Waals surface area contributed by atoms with Gasteiger partial charge in [-0.3, -0.25) is 9.69 Å². The lowest BCUT2D eigenvalue weighted by atomic mass is 10.1. The molecule has 0 aliphatic carbocycles. The van der Waals surface area contributed by atoms with E-state index in [-0.39, 0.29) is 12.0 Å². The SMILES string of the molecule is CO[C@H]1CCCN(C(=O)CN2CCN(c3ncccn3)CC2)C1. The van der Waals surface area contributed by atoms with Gasteiger partial charge in [-0.2, -0.15) is 0 Å². The van der Waals surface area contributed by atoms with Gasteiger partial charge in [0.2, 0.25) is 11.9 Å². The van der Waals surface area contributed by atoms with Crippen LogP contribution < -0.4 is 4.90 Å². The van der Waals surface area contributed by atoms with Crippen LogP contribution in [0.1, 0.15) is 12.8 Å². The number of piperidine rings is 1. The molecule has 0 N–H and O–H groups in total. The number of ether oxygens (including phenoxy) is 1. The molecule has 2 fully saturated rings. The molecule has 2 aliphatic heterocycles. The molecule has 0 saturated carbocycles. The molecular formula is C16H25N5O2. The Hall–Kier alpha value is -1.73. The zero-order valence-electron chi connectivity index (χ0n) is 13.7. The van der Waals surface area contributed by atoms with Crippen LogP contribution in [0.2, 0.25) is 0 Å². The second-order valence-corrected chi connectivity index (χ2v) is 6.15. The maximum atomic E-state index is 12.5. The van der Waals surface area contributed by atoms with E-state index in [1.807, 2.05) is 11.0 Å². The van der Waals surface area contributed by atoms with Crippen LogP contribution in [-0.2, 0) is 9.53 Å². The predicted octanol–water partition coefficient (Wildman–Crippen LogP) is 0.236. The van der Waals surface area contributed by atoms with E-state index in [0.29, 0.717) is 6.54 Å². The Kier molecular flexibility index (Phi) is 5.40. The second-order valence-electron chi connectivity index (χ2n) is 6.15. The highest BCUT2D eigenvalue weighted by Crippen LogP contribution is 2.14. The Morgan fingerprint density at radius 3 is 2.65 bits per heavy atom. The zero-order chi connectivity index (χ0) is 16.1. The number of carbonyl (C=O) groups is 1. The van der Waals surface area contributed by atoms with E-state index < -0.39 is 0 Å². The minimum Gasteiger partial charge on any atom is -0.380 e. The first kappa shape index (κ1) is 16.1. The van der Waals surface area contributed by atoms with Crippen LogP contribution in [0, 0.1) is 0 Å². The van der Waals surface area contributed by atoms with Crippen LogP contribution in [0.3, 0.4) is 0 Å². The van der Waals surface area contributed by atoms with Crippen molar-refractivity contribution in [3.63, 3.8) is 0 Å². The topological polar surface area (TPSA) is 61.8 Å². The van der Waals surface area contributed by atoms with Gasteiger partial charge in [-0.15, -0.1) is 0 Å². The number of carbonyl (C=O) groups excluding carboxylic acids is 1. The highest BCUT2D eigenvalue weighted by atomic mass is 16.5. The molecule has 3 rings (SSSR count). The number of methoxy groups -OCH3 is 1. The predicted molar refractivity (Wildman–Crippen MR) is 87.3 cm³/mol. The van der Waals surface area contributed by atoms with Crippen molar-refractivity contribution in [3.05, 3.63) is 18.5 Å². The Labute approximate surface area is 137 Å². The fourth-order valence-corrected chi connectivity index (χ4v) is 3.21. The molecule has 1 atom stereocenters. The third-order valence-electron chi connectivity index (χ3n) is 4.63. The number of piperazine rings is 1. The van der Waals surface area contributed by atoms with Crippen molar-refractivity contribution in [1.82, 2.24) is 19.8 Å². The van der Waals surface area contributed by atoms with Crippen LogP contribution in [0.5, 0.6) is 0 Å². The first-order valence-corrected chi connectivity index (χ1v) is 8.31. The minimum atomic E-state index is 0.194. The van der Waals surface area contributed by atoms with Gasteiger partial charge in [0.15, 0.2) is 0 Å². The summed E-state index contributed by atoms with van der Waals surface area (Å²) in [7, 11) is 1.73. The van der Waals surface area contributed by atoms with Gasteiger partial charge in [-0.1, -0.05) is 0 Å². The first-order chi connectivity index (χ1) is 11.3. The summed E-state index contributed by atoms with van der Waals surface area (Å²) in [5.74, 6) is 0.994. The molecule has 0 radical (unpaired) electrons. The summed E-state index contributed by atoms with van der Waals surface area (Å²) >= 11 is 0. The van der Waals surface area contributed by atoms with Gasteiger partial charge < -0.3 is 14.5 Å². The van der Waals surface area contributed by atoms with Gasteiger partial charge in [0, 0.05) is 58.8 Å². The van der Waals surface area contributed by atoms with Gasteiger partial charge in [0.05, 0.1) is 12.6 Å². The van der Waals surface area contributed by atoms with Gasteiger partial charge in [-0.05, 0) is 18.9 Å². The van der Waals surface area contributed by atoms with E-state index in [4.69, 9.17) is 4.74 Å². The van der Waals surface area contributed by atoms with E-state index in [1.54, 1.807) is 19.5 Å². The third-order valence-corrected chi connectivity index (χ3v) is 4.63. The molecule has 0 bridgehead atoms. The average molecular weight is 319 g/mol.